The highest BCUT2D eigenvalue weighted by Gasteiger charge is 2.06. The van der Waals surface area contributed by atoms with E-state index < -0.39 is 0 Å². The number of thiocarbonyl (C=S) groups is 2. The third-order valence-corrected chi connectivity index (χ3v) is 3.22. The van der Waals surface area contributed by atoms with Gasteiger partial charge in [-0.1, -0.05) is 30.4 Å². The van der Waals surface area contributed by atoms with Crippen LogP contribution < -0.4 is 4.74 Å². The van der Waals surface area contributed by atoms with Crippen LogP contribution in [0.1, 0.15) is 0 Å². The molecule has 0 unspecified atom stereocenters. The Bertz CT molecular complexity index is 351. The van der Waals surface area contributed by atoms with E-state index in [0.29, 0.717) is 8.70 Å². The molecule has 0 aliphatic carbocycles. The van der Waals surface area contributed by atoms with Crippen LogP contribution in [0.3, 0.4) is 0 Å². The fourth-order valence-electron chi connectivity index (χ4n) is 0.768. The van der Waals surface area contributed by atoms with Crippen LogP contribution in [0.25, 0.3) is 0 Å². The summed E-state index contributed by atoms with van der Waals surface area (Å²) in [6, 6.07) is 9.42. The van der Waals surface area contributed by atoms with Crippen molar-refractivity contribution in [2.75, 3.05) is 14.1 Å². The van der Waals surface area contributed by atoms with Gasteiger partial charge >= 0.3 is 0 Å². The molecule has 0 N–H and O–H groups in total. The summed E-state index contributed by atoms with van der Waals surface area (Å²) in [5, 5.41) is 0. The number of rotatable bonds is 1. The first-order valence-electron chi connectivity index (χ1n) is 4.25. The van der Waals surface area contributed by atoms with Crippen LogP contribution >= 0.6 is 36.2 Å². The molecule has 0 radical (unpaired) electrons. The smallest absolute Gasteiger partial charge is 0.232 e. The lowest BCUT2D eigenvalue weighted by Crippen LogP contribution is -2.18. The van der Waals surface area contributed by atoms with E-state index in [1.807, 2.05) is 49.3 Å². The van der Waals surface area contributed by atoms with E-state index in [0.717, 1.165) is 5.75 Å². The minimum atomic E-state index is 0.417. The molecule has 0 saturated carbocycles. The highest BCUT2D eigenvalue weighted by molar-refractivity contribution is 8.37. The van der Waals surface area contributed by atoms with Crippen molar-refractivity contribution >= 4 is 44.9 Å². The lowest BCUT2D eigenvalue weighted by atomic mass is 10.3. The van der Waals surface area contributed by atoms with Crippen LogP contribution in [0.2, 0.25) is 0 Å². The van der Waals surface area contributed by atoms with Crippen LogP contribution in [-0.2, 0) is 0 Å². The molecule has 5 heteroatoms. The van der Waals surface area contributed by atoms with Gasteiger partial charge in [0.1, 0.15) is 10.1 Å². The zero-order valence-corrected chi connectivity index (χ0v) is 10.9. The molecule has 80 valence electrons. The fraction of sp³-hybridized carbons (Fsp3) is 0.200. The number of para-hydroxylation sites is 1. The number of hydrogen-bond donors (Lipinski definition) is 0. The summed E-state index contributed by atoms with van der Waals surface area (Å²) < 4.78 is 6.52. The highest BCUT2D eigenvalue weighted by atomic mass is 32.2. The van der Waals surface area contributed by atoms with Crippen LogP contribution in [0, 0.1) is 0 Å². The van der Waals surface area contributed by atoms with Gasteiger partial charge in [-0.15, -0.1) is 0 Å². The van der Waals surface area contributed by atoms with Gasteiger partial charge in [0.25, 0.3) is 0 Å². The second kappa shape index (κ2) is 6.05. The SMILES string of the molecule is CN(C)C(=S)SC(=S)Oc1ccccc1. The van der Waals surface area contributed by atoms with Crippen molar-refractivity contribution in [3.8, 4) is 5.75 Å². The molecule has 15 heavy (non-hydrogen) atoms. The van der Waals surface area contributed by atoms with Crippen molar-refractivity contribution in [2.24, 2.45) is 0 Å². The van der Waals surface area contributed by atoms with E-state index in [2.05, 4.69) is 0 Å². The summed E-state index contributed by atoms with van der Waals surface area (Å²) in [6.07, 6.45) is 0. The summed E-state index contributed by atoms with van der Waals surface area (Å²) in [4.78, 5) is 1.82. The molecule has 0 atom stereocenters. The molecule has 0 amide bonds. The van der Waals surface area contributed by atoms with E-state index in [-0.39, 0.29) is 0 Å². The average molecular weight is 257 g/mol. The Hall–Kier alpha value is -0.650. The van der Waals surface area contributed by atoms with E-state index in [1.54, 1.807) is 0 Å². The second-order valence-electron chi connectivity index (χ2n) is 2.93. The maximum Gasteiger partial charge on any atom is 0.232 e. The monoisotopic (exact) mass is 257 g/mol. The Morgan fingerprint density at radius 2 is 1.80 bits per heavy atom. The maximum atomic E-state index is 5.42. The van der Waals surface area contributed by atoms with E-state index >= 15 is 0 Å². The first kappa shape index (κ1) is 12.4. The lowest BCUT2D eigenvalue weighted by Gasteiger charge is -2.13. The first-order valence-corrected chi connectivity index (χ1v) is 5.89. The topological polar surface area (TPSA) is 12.5 Å². The van der Waals surface area contributed by atoms with Gasteiger partial charge in [0.15, 0.2) is 0 Å². The predicted molar refractivity (Wildman–Crippen MR) is 73.5 cm³/mol. The summed E-state index contributed by atoms with van der Waals surface area (Å²) in [6.45, 7) is 0. The Balaban J connectivity index is 2.47. The van der Waals surface area contributed by atoms with Crippen LogP contribution in [0.4, 0.5) is 0 Å². The van der Waals surface area contributed by atoms with Crippen LogP contribution in [0.15, 0.2) is 30.3 Å². The van der Waals surface area contributed by atoms with Gasteiger partial charge < -0.3 is 9.64 Å². The van der Waals surface area contributed by atoms with Crippen molar-refractivity contribution < 1.29 is 4.74 Å². The molecule has 1 aromatic rings. The summed E-state index contributed by atoms with van der Waals surface area (Å²) >= 11 is 11.4. The van der Waals surface area contributed by atoms with Crippen LogP contribution in [-0.4, -0.2) is 27.7 Å². The molecule has 0 aliphatic heterocycles. The molecule has 0 aliphatic rings. The Kier molecular flexibility index (Phi) is 5.01. The Morgan fingerprint density at radius 3 is 2.33 bits per heavy atom. The lowest BCUT2D eigenvalue weighted by molar-refractivity contribution is 0.579. The van der Waals surface area contributed by atoms with E-state index in [9.17, 15) is 0 Å². The number of benzene rings is 1. The van der Waals surface area contributed by atoms with Gasteiger partial charge in [-0.3, -0.25) is 0 Å². The third-order valence-electron chi connectivity index (χ3n) is 1.48. The Labute approximate surface area is 105 Å². The first-order chi connectivity index (χ1) is 7.09. The number of ether oxygens (including phenoxy) is 1. The van der Waals surface area contributed by atoms with Gasteiger partial charge in [-0.05, 0) is 36.1 Å². The predicted octanol–water partition coefficient (Wildman–Crippen LogP) is 2.93. The molecule has 0 heterocycles. The molecular weight excluding hydrogens is 246 g/mol. The van der Waals surface area contributed by atoms with Crippen molar-refractivity contribution in [3.63, 3.8) is 0 Å². The standard InChI is InChI=1S/C10H11NOS3/c1-11(2)9(13)15-10(14)12-8-6-4-3-5-7-8/h3-7H,1-2H3. The molecule has 1 aromatic carbocycles. The normalized spacial score (nSPS) is 9.47. The van der Waals surface area contributed by atoms with Gasteiger partial charge in [0, 0.05) is 14.1 Å². The second-order valence-corrected chi connectivity index (χ2v) is 5.16. The summed E-state index contributed by atoms with van der Waals surface area (Å²) in [5.41, 5.74) is 0. The minimum absolute atomic E-state index is 0.417. The van der Waals surface area contributed by atoms with Crippen molar-refractivity contribution in [1.82, 2.24) is 4.90 Å². The summed E-state index contributed by atoms with van der Waals surface area (Å²) in [7, 11) is 3.75. The van der Waals surface area contributed by atoms with Gasteiger partial charge in [0.05, 0.1) is 0 Å². The van der Waals surface area contributed by atoms with Gasteiger partial charge in [0.2, 0.25) is 4.38 Å². The Morgan fingerprint density at radius 1 is 1.20 bits per heavy atom. The molecule has 1 rings (SSSR count). The average Bonchev–Trinajstić information content (AvgIpc) is 2.18. The zero-order chi connectivity index (χ0) is 11.3. The van der Waals surface area contributed by atoms with Crippen LogP contribution in [0.5, 0.6) is 5.75 Å². The van der Waals surface area contributed by atoms with Crippen molar-refractivity contribution in [2.45, 2.75) is 0 Å². The maximum absolute atomic E-state index is 5.42. The van der Waals surface area contributed by atoms with Gasteiger partial charge in [-0.25, -0.2) is 0 Å². The number of hydrogen-bond acceptors (Lipinski definition) is 4. The largest absolute Gasteiger partial charge is 0.439 e. The minimum Gasteiger partial charge on any atom is -0.439 e. The molecule has 0 bridgehead atoms. The molecule has 0 fully saturated rings. The van der Waals surface area contributed by atoms with Crippen molar-refractivity contribution in [3.05, 3.63) is 30.3 Å². The third kappa shape index (κ3) is 4.59. The molecule has 2 nitrogen and oxygen atoms in total. The highest BCUT2D eigenvalue weighted by Crippen LogP contribution is 2.16. The molecular formula is C10H11NOS3. The molecule has 0 spiro atoms. The fourth-order valence-corrected chi connectivity index (χ4v) is 1.95. The summed E-state index contributed by atoms with van der Waals surface area (Å²) in [5.74, 6) is 0.733. The van der Waals surface area contributed by atoms with Crippen molar-refractivity contribution in [1.29, 1.82) is 0 Å². The molecule has 0 saturated heterocycles. The number of thioether (sulfide) groups is 1. The van der Waals surface area contributed by atoms with Gasteiger partial charge in [-0.2, -0.15) is 0 Å². The molecule has 0 aromatic heterocycles. The van der Waals surface area contributed by atoms with E-state index in [1.165, 1.54) is 11.8 Å². The van der Waals surface area contributed by atoms with E-state index in [4.69, 9.17) is 29.2 Å². The number of nitrogens with zero attached hydrogens (tertiary/aromatic N) is 1. The zero-order valence-electron chi connectivity index (χ0n) is 8.47. The quantitative estimate of drug-likeness (QED) is 0.715.